The lowest BCUT2D eigenvalue weighted by Crippen LogP contribution is -2.50. The summed E-state index contributed by atoms with van der Waals surface area (Å²) in [7, 11) is 0. The first kappa shape index (κ1) is 15.1. The van der Waals surface area contributed by atoms with Crippen LogP contribution < -0.4 is 0 Å². The van der Waals surface area contributed by atoms with Crippen LogP contribution in [0.4, 0.5) is 0 Å². The van der Waals surface area contributed by atoms with Crippen LogP contribution in [0.1, 0.15) is 66.2 Å². The molecule has 1 unspecified atom stereocenters. The van der Waals surface area contributed by atoms with Crippen molar-refractivity contribution in [1.82, 2.24) is 0 Å². The summed E-state index contributed by atoms with van der Waals surface area (Å²) >= 11 is 0. The highest BCUT2D eigenvalue weighted by Crippen LogP contribution is 2.61. The largest absolute Gasteiger partial charge is 0.303 e. The second kappa shape index (κ2) is 5.11. The summed E-state index contributed by atoms with van der Waals surface area (Å²) in [5.74, 6) is 1.89. The van der Waals surface area contributed by atoms with Crippen molar-refractivity contribution in [2.75, 3.05) is 0 Å². The average molecular weight is 286 g/mol. The molecule has 0 heterocycles. The van der Waals surface area contributed by atoms with Gasteiger partial charge in [-0.05, 0) is 60.8 Å². The van der Waals surface area contributed by atoms with E-state index in [0.717, 1.165) is 12.8 Å². The van der Waals surface area contributed by atoms with E-state index >= 15 is 0 Å². The summed E-state index contributed by atoms with van der Waals surface area (Å²) in [5.41, 5.74) is 3.43. The van der Waals surface area contributed by atoms with E-state index in [-0.39, 0.29) is 5.41 Å². The van der Waals surface area contributed by atoms with Gasteiger partial charge in [0.25, 0.3) is 0 Å². The standard InChI is InChI=1S/C20H30O/c1-14(2)15-6-8-17-16(12-15)7-9-18-19(3,13-21)10-5-11-20(17,18)4/h7,12-14,17-18H,5-6,8-11H2,1-4H3/t17-,18?,19-,20-/m1/s1. The number of carbonyl (C=O) groups is 1. The van der Waals surface area contributed by atoms with E-state index in [9.17, 15) is 4.79 Å². The summed E-state index contributed by atoms with van der Waals surface area (Å²) < 4.78 is 0. The van der Waals surface area contributed by atoms with Gasteiger partial charge in [-0.1, -0.05) is 51.8 Å². The Morgan fingerprint density at radius 2 is 2.05 bits per heavy atom. The Hall–Kier alpha value is -0.850. The smallest absolute Gasteiger partial charge is 0.126 e. The molecule has 0 radical (unpaired) electrons. The Morgan fingerprint density at radius 3 is 2.71 bits per heavy atom. The molecule has 0 aromatic carbocycles. The van der Waals surface area contributed by atoms with Crippen LogP contribution in [0.25, 0.3) is 0 Å². The Balaban J connectivity index is 1.99. The van der Waals surface area contributed by atoms with Gasteiger partial charge >= 0.3 is 0 Å². The molecule has 1 nitrogen and oxygen atoms in total. The quantitative estimate of drug-likeness (QED) is 0.628. The maximum Gasteiger partial charge on any atom is 0.126 e. The van der Waals surface area contributed by atoms with E-state index in [1.807, 2.05) is 0 Å². The monoisotopic (exact) mass is 286 g/mol. The topological polar surface area (TPSA) is 17.1 Å². The van der Waals surface area contributed by atoms with Gasteiger partial charge in [-0.2, -0.15) is 0 Å². The normalized spacial score (nSPS) is 42.7. The minimum absolute atomic E-state index is 0.100. The van der Waals surface area contributed by atoms with E-state index in [1.54, 1.807) is 11.1 Å². The minimum Gasteiger partial charge on any atom is -0.303 e. The first-order chi connectivity index (χ1) is 9.90. The third kappa shape index (κ3) is 2.24. The summed E-state index contributed by atoms with van der Waals surface area (Å²) in [4.78, 5) is 11.7. The number of rotatable bonds is 2. The fourth-order valence-electron chi connectivity index (χ4n) is 5.53. The second-order valence-electron chi connectivity index (χ2n) is 8.44. The minimum atomic E-state index is -0.100. The first-order valence-corrected chi connectivity index (χ1v) is 8.77. The highest BCUT2D eigenvalue weighted by Gasteiger charge is 2.54. The number of fused-ring (bicyclic) bond motifs is 3. The van der Waals surface area contributed by atoms with Gasteiger partial charge in [0.05, 0.1) is 0 Å². The predicted octanol–water partition coefficient (Wildman–Crippen LogP) is 5.32. The Labute approximate surface area is 129 Å². The first-order valence-electron chi connectivity index (χ1n) is 8.77. The molecule has 1 fully saturated rings. The zero-order valence-electron chi connectivity index (χ0n) is 14.1. The van der Waals surface area contributed by atoms with Crippen LogP contribution in [0.2, 0.25) is 0 Å². The van der Waals surface area contributed by atoms with Crippen LogP contribution in [0, 0.1) is 28.6 Å². The van der Waals surface area contributed by atoms with Crippen LogP contribution in [0.3, 0.4) is 0 Å². The second-order valence-corrected chi connectivity index (χ2v) is 8.44. The van der Waals surface area contributed by atoms with Crippen LogP contribution in [-0.2, 0) is 4.79 Å². The fraction of sp³-hybridized carbons (Fsp3) is 0.750. The molecular formula is C20H30O. The van der Waals surface area contributed by atoms with Crippen LogP contribution in [-0.4, -0.2) is 6.29 Å². The highest BCUT2D eigenvalue weighted by molar-refractivity contribution is 5.60. The summed E-state index contributed by atoms with van der Waals surface area (Å²) in [6.07, 6.45) is 13.5. The molecule has 0 saturated heterocycles. The molecule has 1 heteroatoms. The molecule has 3 aliphatic rings. The molecule has 0 aromatic rings. The lowest BCUT2D eigenvalue weighted by molar-refractivity contribution is -0.128. The van der Waals surface area contributed by atoms with Gasteiger partial charge in [0.2, 0.25) is 0 Å². The van der Waals surface area contributed by atoms with Crippen molar-refractivity contribution in [3.05, 3.63) is 23.3 Å². The van der Waals surface area contributed by atoms with Gasteiger partial charge in [0, 0.05) is 5.41 Å². The number of hydrogen-bond acceptors (Lipinski definition) is 1. The van der Waals surface area contributed by atoms with E-state index in [4.69, 9.17) is 0 Å². The molecule has 1 saturated carbocycles. The third-order valence-corrected chi connectivity index (χ3v) is 6.90. The van der Waals surface area contributed by atoms with Crippen LogP contribution in [0.5, 0.6) is 0 Å². The third-order valence-electron chi connectivity index (χ3n) is 6.90. The van der Waals surface area contributed by atoms with Gasteiger partial charge in [-0.25, -0.2) is 0 Å². The Morgan fingerprint density at radius 1 is 1.29 bits per heavy atom. The summed E-state index contributed by atoms with van der Waals surface area (Å²) in [6, 6.07) is 0. The maximum absolute atomic E-state index is 11.7. The van der Waals surface area contributed by atoms with Gasteiger partial charge in [0.15, 0.2) is 0 Å². The molecule has 0 amide bonds. The zero-order chi connectivity index (χ0) is 15.3. The molecule has 3 aliphatic carbocycles. The Bertz CT molecular complexity index is 498. The lowest BCUT2D eigenvalue weighted by atomic mass is 9.47. The molecule has 116 valence electrons. The summed E-state index contributed by atoms with van der Waals surface area (Å²) in [5, 5.41) is 0. The molecule has 0 aromatic heterocycles. The molecular weight excluding hydrogens is 256 g/mol. The van der Waals surface area contributed by atoms with Gasteiger partial charge in [-0.15, -0.1) is 0 Å². The highest BCUT2D eigenvalue weighted by atomic mass is 16.1. The number of hydrogen-bond donors (Lipinski definition) is 0. The van der Waals surface area contributed by atoms with Crippen molar-refractivity contribution in [2.24, 2.45) is 28.6 Å². The molecule has 0 bridgehead atoms. The van der Waals surface area contributed by atoms with Gasteiger partial charge < -0.3 is 4.79 Å². The van der Waals surface area contributed by atoms with Crippen molar-refractivity contribution < 1.29 is 4.79 Å². The molecule has 3 rings (SSSR count). The fourth-order valence-corrected chi connectivity index (χ4v) is 5.53. The van der Waals surface area contributed by atoms with Gasteiger partial charge in [-0.3, -0.25) is 0 Å². The lowest BCUT2D eigenvalue weighted by Gasteiger charge is -2.57. The predicted molar refractivity (Wildman–Crippen MR) is 88.0 cm³/mol. The number of carbonyl (C=O) groups excluding carboxylic acids is 1. The van der Waals surface area contributed by atoms with Crippen molar-refractivity contribution in [1.29, 1.82) is 0 Å². The summed E-state index contributed by atoms with van der Waals surface area (Å²) in [6.45, 7) is 9.30. The zero-order valence-corrected chi connectivity index (χ0v) is 14.1. The number of aldehydes is 1. The van der Waals surface area contributed by atoms with E-state index in [2.05, 4.69) is 39.8 Å². The van der Waals surface area contributed by atoms with Gasteiger partial charge in [0.1, 0.15) is 6.29 Å². The number of allylic oxidation sites excluding steroid dienone is 4. The van der Waals surface area contributed by atoms with E-state index < -0.39 is 0 Å². The van der Waals surface area contributed by atoms with Crippen LogP contribution in [0.15, 0.2) is 23.3 Å². The molecule has 21 heavy (non-hydrogen) atoms. The molecule has 0 spiro atoms. The molecule has 0 N–H and O–H groups in total. The van der Waals surface area contributed by atoms with Crippen molar-refractivity contribution in [3.63, 3.8) is 0 Å². The Kier molecular flexibility index (Phi) is 3.66. The van der Waals surface area contributed by atoms with E-state index in [0.29, 0.717) is 23.2 Å². The van der Waals surface area contributed by atoms with E-state index in [1.165, 1.54) is 32.0 Å². The van der Waals surface area contributed by atoms with Crippen molar-refractivity contribution >= 4 is 6.29 Å². The van der Waals surface area contributed by atoms with Crippen molar-refractivity contribution in [2.45, 2.75) is 66.2 Å². The molecule has 4 atom stereocenters. The molecule has 0 aliphatic heterocycles. The average Bonchev–Trinajstić information content (AvgIpc) is 2.46. The maximum atomic E-state index is 11.7. The SMILES string of the molecule is CC(C)C1=CC2=CCC3[C@@](C)(C=O)CCC[C@]3(C)[C@@H]2CC1. The van der Waals surface area contributed by atoms with Crippen LogP contribution >= 0.6 is 0 Å². The van der Waals surface area contributed by atoms with Crippen molar-refractivity contribution in [3.8, 4) is 0 Å².